The molecule has 0 atom stereocenters. The first-order valence-electron chi connectivity index (χ1n) is 10.2. The fourth-order valence-corrected chi connectivity index (χ4v) is 3.28. The molecule has 1 aromatic carbocycles. The van der Waals surface area contributed by atoms with Crippen LogP contribution in [0.15, 0.2) is 47.1 Å². The van der Waals surface area contributed by atoms with Crippen LogP contribution in [0.25, 0.3) is 0 Å². The summed E-state index contributed by atoms with van der Waals surface area (Å²) in [4.78, 5) is 26.5. The van der Waals surface area contributed by atoms with Gasteiger partial charge in [-0.05, 0) is 69.1 Å². The van der Waals surface area contributed by atoms with E-state index in [0.29, 0.717) is 18.0 Å². The van der Waals surface area contributed by atoms with Crippen molar-refractivity contribution in [1.82, 2.24) is 10.2 Å². The molecule has 2 amide bonds. The highest BCUT2D eigenvalue weighted by molar-refractivity contribution is 6.02. The summed E-state index contributed by atoms with van der Waals surface area (Å²) in [5, 5.41) is 5.62. The summed E-state index contributed by atoms with van der Waals surface area (Å²) >= 11 is 0. The minimum atomic E-state index is -0.340. The maximum Gasteiger partial charge on any atom is 0.291 e. The molecular formula is C22H29N3O4. The van der Waals surface area contributed by atoms with Crippen molar-refractivity contribution in [3.63, 3.8) is 0 Å². The molecule has 2 aromatic rings. The molecule has 29 heavy (non-hydrogen) atoms. The average molecular weight is 399 g/mol. The first kappa shape index (κ1) is 20.9. The smallest absolute Gasteiger partial charge is 0.291 e. The molecule has 3 rings (SSSR count). The number of nitrogens with one attached hydrogen (secondary N) is 2. The topological polar surface area (TPSA) is 83.8 Å². The van der Waals surface area contributed by atoms with Crippen molar-refractivity contribution in [1.29, 1.82) is 0 Å². The summed E-state index contributed by atoms with van der Waals surface area (Å²) in [7, 11) is 0. The van der Waals surface area contributed by atoms with Crippen LogP contribution in [-0.4, -0.2) is 49.5 Å². The number of hydrogen-bond donors (Lipinski definition) is 2. The van der Waals surface area contributed by atoms with Crippen molar-refractivity contribution in [2.45, 2.75) is 26.2 Å². The number of rotatable bonds is 9. The predicted molar refractivity (Wildman–Crippen MR) is 111 cm³/mol. The Morgan fingerprint density at radius 3 is 2.79 bits per heavy atom. The van der Waals surface area contributed by atoms with E-state index in [4.69, 9.17) is 9.15 Å². The van der Waals surface area contributed by atoms with Crippen LogP contribution in [0.3, 0.4) is 0 Å². The summed E-state index contributed by atoms with van der Waals surface area (Å²) < 4.78 is 10.6. The maximum atomic E-state index is 12.0. The number of nitrogens with zero attached hydrogens (tertiary/aromatic N) is 1. The lowest BCUT2D eigenvalue weighted by atomic mass is 9.99. The first-order valence-corrected chi connectivity index (χ1v) is 10.2. The zero-order valence-corrected chi connectivity index (χ0v) is 16.9. The van der Waals surface area contributed by atoms with E-state index in [9.17, 15) is 9.59 Å². The van der Waals surface area contributed by atoms with Gasteiger partial charge >= 0.3 is 0 Å². The van der Waals surface area contributed by atoms with Gasteiger partial charge < -0.3 is 24.7 Å². The van der Waals surface area contributed by atoms with Gasteiger partial charge in [-0.1, -0.05) is 13.0 Å². The number of carbonyl (C=O) groups excluding carboxylic acids is 2. The summed E-state index contributed by atoms with van der Waals surface area (Å²) in [5.74, 6) is 1.09. The molecule has 2 N–H and O–H groups in total. The van der Waals surface area contributed by atoms with Crippen LogP contribution in [0.2, 0.25) is 0 Å². The van der Waals surface area contributed by atoms with Gasteiger partial charge in [-0.25, -0.2) is 0 Å². The highest BCUT2D eigenvalue weighted by Crippen LogP contribution is 2.18. The maximum absolute atomic E-state index is 12.0. The van der Waals surface area contributed by atoms with Gasteiger partial charge in [0.15, 0.2) is 12.4 Å². The van der Waals surface area contributed by atoms with Gasteiger partial charge in [0, 0.05) is 18.3 Å². The molecular weight excluding hydrogens is 370 g/mol. The standard InChI is InChI=1S/C22H29N3O4/c1-17-8-12-25(13-9-17)11-4-10-23-21(26)16-29-19-6-2-5-18(15-19)24-22(27)20-7-3-14-28-20/h2-3,5-7,14-15,17H,4,8-13,16H2,1H3,(H,23,26)(H,24,27). The Morgan fingerprint density at radius 2 is 2.03 bits per heavy atom. The third-order valence-electron chi connectivity index (χ3n) is 5.06. The van der Waals surface area contributed by atoms with Crippen LogP contribution < -0.4 is 15.4 Å². The van der Waals surface area contributed by atoms with Crippen LogP contribution >= 0.6 is 0 Å². The van der Waals surface area contributed by atoms with Crippen molar-refractivity contribution in [2.24, 2.45) is 5.92 Å². The summed E-state index contributed by atoms with van der Waals surface area (Å²) in [6.07, 6.45) is 4.91. The largest absolute Gasteiger partial charge is 0.484 e. The molecule has 2 heterocycles. The Bertz CT molecular complexity index is 783. The second kappa shape index (κ2) is 10.7. The zero-order chi connectivity index (χ0) is 20.5. The van der Waals surface area contributed by atoms with Gasteiger partial charge in [0.05, 0.1) is 6.26 Å². The molecule has 1 aromatic heterocycles. The number of piperidine rings is 1. The minimum Gasteiger partial charge on any atom is -0.484 e. The monoisotopic (exact) mass is 399 g/mol. The summed E-state index contributed by atoms with van der Waals surface area (Å²) in [6, 6.07) is 10.2. The van der Waals surface area contributed by atoms with Crippen molar-refractivity contribution in [3.05, 3.63) is 48.4 Å². The summed E-state index contributed by atoms with van der Waals surface area (Å²) in [5.41, 5.74) is 0.570. The number of carbonyl (C=O) groups is 2. The Labute approximate surface area is 171 Å². The van der Waals surface area contributed by atoms with Gasteiger partial charge in [0.1, 0.15) is 5.75 Å². The van der Waals surface area contributed by atoms with Crippen molar-refractivity contribution in [3.8, 4) is 5.75 Å². The Morgan fingerprint density at radius 1 is 1.21 bits per heavy atom. The molecule has 0 unspecified atom stereocenters. The van der Waals surface area contributed by atoms with E-state index in [2.05, 4.69) is 22.5 Å². The molecule has 0 saturated carbocycles. The van der Waals surface area contributed by atoms with Crippen LogP contribution in [0.1, 0.15) is 36.7 Å². The molecule has 1 aliphatic rings. The minimum absolute atomic E-state index is 0.0587. The average Bonchev–Trinajstić information content (AvgIpc) is 3.26. The number of ether oxygens (including phenoxy) is 1. The van der Waals surface area contributed by atoms with Gasteiger partial charge in [-0.3, -0.25) is 9.59 Å². The molecule has 7 heteroatoms. The predicted octanol–water partition coefficient (Wildman–Crippen LogP) is 3.15. The molecule has 0 spiro atoms. The van der Waals surface area contributed by atoms with Crippen molar-refractivity contribution >= 4 is 17.5 Å². The van der Waals surface area contributed by atoms with Crippen LogP contribution in [0.5, 0.6) is 5.75 Å². The SMILES string of the molecule is CC1CCN(CCCNC(=O)COc2cccc(NC(=O)c3ccco3)c2)CC1. The van der Waals surface area contributed by atoms with E-state index in [1.807, 2.05) is 0 Å². The molecule has 7 nitrogen and oxygen atoms in total. The fraction of sp³-hybridized carbons (Fsp3) is 0.455. The number of furan rings is 1. The molecule has 1 saturated heterocycles. The molecule has 1 aliphatic heterocycles. The van der Waals surface area contributed by atoms with Crippen molar-refractivity contribution < 1.29 is 18.7 Å². The van der Waals surface area contributed by atoms with Crippen LogP contribution in [-0.2, 0) is 4.79 Å². The Kier molecular flexibility index (Phi) is 7.69. The Balaban J connectivity index is 1.34. The second-order valence-electron chi connectivity index (χ2n) is 7.48. The van der Waals surface area contributed by atoms with E-state index >= 15 is 0 Å². The number of likely N-dealkylation sites (tertiary alicyclic amines) is 1. The number of amides is 2. The highest BCUT2D eigenvalue weighted by atomic mass is 16.5. The van der Waals surface area contributed by atoms with Crippen molar-refractivity contribution in [2.75, 3.05) is 38.1 Å². The van der Waals surface area contributed by atoms with E-state index in [-0.39, 0.29) is 24.2 Å². The molecule has 156 valence electrons. The van der Waals surface area contributed by atoms with Crippen LogP contribution in [0, 0.1) is 5.92 Å². The van der Waals surface area contributed by atoms with Gasteiger partial charge in [0.2, 0.25) is 0 Å². The lowest BCUT2D eigenvalue weighted by molar-refractivity contribution is -0.123. The number of benzene rings is 1. The summed E-state index contributed by atoms with van der Waals surface area (Å²) in [6.45, 7) is 6.23. The van der Waals surface area contributed by atoms with E-state index in [0.717, 1.165) is 32.0 Å². The van der Waals surface area contributed by atoms with Gasteiger partial charge in [-0.15, -0.1) is 0 Å². The highest BCUT2D eigenvalue weighted by Gasteiger charge is 2.15. The number of hydrogen-bond acceptors (Lipinski definition) is 5. The molecule has 0 aliphatic carbocycles. The lowest BCUT2D eigenvalue weighted by Gasteiger charge is -2.30. The van der Waals surface area contributed by atoms with E-state index in [1.54, 1.807) is 36.4 Å². The Hall–Kier alpha value is -2.80. The first-order chi connectivity index (χ1) is 14.1. The van der Waals surface area contributed by atoms with Gasteiger partial charge in [-0.2, -0.15) is 0 Å². The van der Waals surface area contributed by atoms with Crippen LogP contribution in [0.4, 0.5) is 5.69 Å². The molecule has 1 fully saturated rings. The van der Waals surface area contributed by atoms with E-state index < -0.39 is 0 Å². The second-order valence-corrected chi connectivity index (χ2v) is 7.48. The quantitative estimate of drug-likeness (QED) is 0.633. The van der Waals surface area contributed by atoms with E-state index in [1.165, 1.54) is 19.1 Å². The van der Waals surface area contributed by atoms with Gasteiger partial charge in [0.25, 0.3) is 11.8 Å². The third-order valence-corrected chi connectivity index (χ3v) is 5.06. The number of anilines is 1. The zero-order valence-electron chi connectivity index (χ0n) is 16.9. The fourth-order valence-electron chi connectivity index (χ4n) is 3.28. The molecule has 0 bridgehead atoms. The molecule has 0 radical (unpaired) electrons. The normalized spacial score (nSPS) is 15.1. The lowest BCUT2D eigenvalue weighted by Crippen LogP contribution is -2.36. The third kappa shape index (κ3) is 6.94.